The summed E-state index contributed by atoms with van der Waals surface area (Å²) in [7, 11) is 1.88. The number of nitriles is 1. The van der Waals surface area contributed by atoms with Gasteiger partial charge in [-0.25, -0.2) is 0 Å². The average Bonchev–Trinajstić information content (AvgIpc) is 2.54. The van der Waals surface area contributed by atoms with E-state index in [0.717, 1.165) is 13.1 Å². The zero-order valence-electron chi connectivity index (χ0n) is 10.9. The van der Waals surface area contributed by atoms with Gasteiger partial charge in [-0.2, -0.15) is 5.26 Å². The SMILES string of the molecule is CCC1CCCCCN1CC(C)(C#N)NC. The van der Waals surface area contributed by atoms with E-state index in [1.807, 2.05) is 14.0 Å². The van der Waals surface area contributed by atoms with E-state index >= 15 is 0 Å². The average molecular weight is 223 g/mol. The maximum atomic E-state index is 9.21. The lowest BCUT2D eigenvalue weighted by Gasteiger charge is -2.34. The van der Waals surface area contributed by atoms with Crippen LogP contribution < -0.4 is 5.32 Å². The highest BCUT2D eigenvalue weighted by Gasteiger charge is 2.28. The first kappa shape index (κ1) is 13.5. The number of hydrogen-bond acceptors (Lipinski definition) is 3. The number of nitrogens with zero attached hydrogens (tertiary/aromatic N) is 2. The summed E-state index contributed by atoms with van der Waals surface area (Å²) in [5, 5.41) is 12.3. The van der Waals surface area contributed by atoms with Crippen molar-refractivity contribution in [2.45, 2.75) is 57.5 Å². The quantitative estimate of drug-likeness (QED) is 0.793. The predicted molar refractivity (Wildman–Crippen MR) is 67.2 cm³/mol. The molecule has 2 atom stereocenters. The van der Waals surface area contributed by atoms with Gasteiger partial charge in [0, 0.05) is 12.6 Å². The third-order valence-electron chi connectivity index (χ3n) is 3.79. The fourth-order valence-electron chi connectivity index (χ4n) is 2.48. The molecule has 0 bridgehead atoms. The van der Waals surface area contributed by atoms with Gasteiger partial charge in [0.1, 0.15) is 5.54 Å². The second-order valence-electron chi connectivity index (χ2n) is 5.08. The van der Waals surface area contributed by atoms with Crippen molar-refractivity contribution in [2.75, 3.05) is 20.1 Å². The van der Waals surface area contributed by atoms with Crippen LogP contribution in [0.25, 0.3) is 0 Å². The Morgan fingerprint density at radius 3 is 2.75 bits per heavy atom. The lowest BCUT2D eigenvalue weighted by atomic mass is 10.0. The third-order valence-corrected chi connectivity index (χ3v) is 3.79. The van der Waals surface area contributed by atoms with Gasteiger partial charge < -0.3 is 5.32 Å². The van der Waals surface area contributed by atoms with Gasteiger partial charge >= 0.3 is 0 Å². The molecule has 0 amide bonds. The van der Waals surface area contributed by atoms with Gasteiger partial charge in [0.15, 0.2) is 0 Å². The van der Waals surface area contributed by atoms with Crippen LogP contribution in [0, 0.1) is 11.3 Å². The first-order valence-electron chi connectivity index (χ1n) is 6.49. The van der Waals surface area contributed by atoms with Crippen molar-refractivity contribution < 1.29 is 0 Å². The Bertz CT molecular complexity index is 246. The molecule has 1 rings (SSSR count). The van der Waals surface area contributed by atoms with Crippen LogP contribution in [-0.2, 0) is 0 Å². The fraction of sp³-hybridized carbons (Fsp3) is 0.923. The summed E-state index contributed by atoms with van der Waals surface area (Å²) < 4.78 is 0. The summed E-state index contributed by atoms with van der Waals surface area (Å²) >= 11 is 0. The molecule has 0 aromatic rings. The molecular formula is C13H25N3. The van der Waals surface area contributed by atoms with E-state index in [4.69, 9.17) is 0 Å². The summed E-state index contributed by atoms with van der Waals surface area (Å²) in [6.45, 7) is 6.24. The standard InChI is InChI=1S/C13H25N3/c1-4-12-8-6-5-7-9-16(12)11-13(2,10-14)15-3/h12,15H,4-9,11H2,1-3H3. The van der Waals surface area contributed by atoms with Gasteiger partial charge in [-0.3, -0.25) is 4.90 Å². The van der Waals surface area contributed by atoms with E-state index in [1.165, 1.54) is 32.1 Å². The highest BCUT2D eigenvalue weighted by Crippen LogP contribution is 2.21. The molecule has 1 heterocycles. The molecule has 92 valence electrons. The Balaban J connectivity index is 2.64. The van der Waals surface area contributed by atoms with E-state index in [9.17, 15) is 5.26 Å². The zero-order chi connectivity index (χ0) is 12.0. The Morgan fingerprint density at radius 2 is 2.19 bits per heavy atom. The van der Waals surface area contributed by atoms with Crippen molar-refractivity contribution in [2.24, 2.45) is 0 Å². The van der Waals surface area contributed by atoms with Gasteiger partial charge in [-0.1, -0.05) is 19.8 Å². The molecule has 3 heteroatoms. The van der Waals surface area contributed by atoms with Gasteiger partial charge in [-0.05, 0) is 39.8 Å². The maximum absolute atomic E-state index is 9.21. The molecule has 1 N–H and O–H groups in total. The molecule has 2 unspecified atom stereocenters. The molecule has 1 saturated heterocycles. The molecule has 0 aromatic carbocycles. The first-order chi connectivity index (χ1) is 7.65. The molecule has 0 aromatic heterocycles. The molecule has 1 aliphatic heterocycles. The monoisotopic (exact) mass is 223 g/mol. The van der Waals surface area contributed by atoms with Crippen LogP contribution in [-0.4, -0.2) is 36.6 Å². The van der Waals surface area contributed by atoms with Crippen LogP contribution in [0.15, 0.2) is 0 Å². The molecule has 0 saturated carbocycles. The molecular weight excluding hydrogens is 198 g/mol. The van der Waals surface area contributed by atoms with Gasteiger partial charge in [0.05, 0.1) is 6.07 Å². The highest BCUT2D eigenvalue weighted by atomic mass is 15.2. The molecule has 3 nitrogen and oxygen atoms in total. The minimum atomic E-state index is -0.405. The molecule has 16 heavy (non-hydrogen) atoms. The number of likely N-dealkylation sites (N-methyl/N-ethyl adjacent to an activating group) is 1. The van der Waals surface area contributed by atoms with Crippen LogP contribution in [0.2, 0.25) is 0 Å². The van der Waals surface area contributed by atoms with Crippen molar-refractivity contribution in [1.82, 2.24) is 10.2 Å². The minimum absolute atomic E-state index is 0.405. The minimum Gasteiger partial charge on any atom is -0.302 e. The molecule has 1 fully saturated rings. The van der Waals surface area contributed by atoms with Crippen molar-refractivity contribution >= 4 is 0 Å². The summed E-state index contributed by atoms with van der Waals surface area (Å²) in [4.78, 5) is 2.51. The summed E-state index contributed by atoms with van der Waals surface area (Å²) in [6.07, 6.45) is 6.46. The molecule has 0 radical (unpaired) electrons. The van der Waals surface area contributed by atoms with E-state index in [0.29, 0.717) is 6.04 Å². The van der Waals surface area contributed by atoms with E-state index in [2.05, 4.69) is 23.2 Å². The maximum Gasteiger partial charge on any atom is 0.116 e. The Labute approximate surface area is 99.8 Å². The number of hydrogen-bond donors (Lipinski definition) is 1. The van der Waals surface area contributed by atoms with Crippen molar-refractivity contribution in [1.29, 1.82) is 5.26 Å². The van der Waals surface area contributed by atoms with Crippen LogP contribution >= 0.6 is 0 Å². The Morgan fingerprint density at radius 1 is 1.44 bits per heavy atom. The van der Waals surface area contributed by atoms with Crippen molar-refractivity contribution in [3.05, 3.63) is 0 Å². The van der Waals surface area contributed by atoms with Crippen LogP contribution in [0.4, 0.5) is 0 Å². The van der Waals surface area contributed by atoms with Gasteiger partial charge in [-0.15, -0.1) is 0 Å². The number of nitrogens with one attached hydrogen (secondary N) is 1. The Kier molecular flexibility index (Phi) is 5.24. The van der Waals surface area contributed by atoms with E-state index < -0.39 is 5.54 Å². The number of rotatable bonds is 4. The van der Waals surface area contributed by atoms with Crippen molar-refractivity contribution in [3.8, 4) is 6.07 Å². The van der Waals surface area contributed by atoms with E-state index in [1.54, 1.807) is 0 Å². The second kappa shape index (κ2) is 6.22. The third kappa shape index (κ3) is 3.47. The second-order valence-corrected chi connectivity index (χ2v) is 5.08. The normalized spacial score (nSPS) is 26.8. The molecule has 0 spiro atoms. The number of likely N-dealkylation sites (tertiary alicyclic amines) is 1. The smallest absolute Gasteiger partial charge is 0.116 e. The summed E-state index contributed by atoms with van der Waals surface area (Å²) in [6, 6.07) is 3.06. The van der Waals surface area contributed by atoms with Gasteiger partial charge in [0.25, 0.3) is 0 Å². The summed E-state index contributed by atoms with van der Waals surface area (Å²) in [5.74, 6) is 0. The predicted octanol–water partition coefficient (Wildman–Crippen LogP) is 2.14. The van der Waals surface area contributed by atoms with Crippen LogP contribution in [0.3, 0.4) is 0 Å². The van der Waals surface area contributed by atoms with Crippen LogP contribution in [0.5, 0.6) is 0 Å². The van der Waals surface area contributed by atoms with Gasteiger partial charge in [0.2, 0.25) is 0 Å². The topological polar surface area (TPSA) is 39.1 Å². The van der Waals surface area contributed by atoms with Crippen molar-refractivity contribution in [3.63, 3.8) is 0 Å². The first-order valence-corrected chi connectivity index (χ1v) is 6.49. The van der Waals surface area contributed by atoms with Crippen LogP contribution in [0.1, 0.15) is 46.0 Å². The largest absolute Gasteiger partial charge is 0.302 e. The zero-order valence-corrected chi connectivity index (χ0v) is 10.9. The Hall–Kier alpha value is -0.590. The lowest BCUT2D eigenvalue weighted by Crippen LogP contribution is -2.51. The molecule has 1 aliphatic rings. The fourth-order valence-corrected chi connectivity index (χ4v) is 2.48. The summed E-state index contributed by atoms with van der Waals surface area (Å²) in [5.41, 5.74) is -0.405. The van der Waals surface area contributed by atoms with E-state index in [-0.39, 0.29) is 0 Å². The lowest BCUT2D eigenvalue weighted by molar-refractivity contribution is 0.162. The highest BCUT2D eigenvalue weighted by molar-refractivity contribution is 5.05. The molecule has 0 aliphatic carbocycles.